The number of nitrogens with one attached hydrogen (secondary N) is 1. The third kappa shape index (κ3) is 5.21. The molecule has 0 bridgehead atoms. The lowest BCUT2D eigenvalue weighted by Crippen LogP contribution is -2.41. The molecular weight excluding hydrogens is 437 g/mol. The number of nitrogens with two attached hydrogens (primary N) is 1. The van der Waals surface area contributed by atoms with Crippen LogP contribution in [0.4, 0.5) is 18.9 Å². The van der Waals surface area contributed by atoms with Crippen molar-refractivity contribution < 1.29 is 27.5 Å². The molecule has 1 aromatic heterocycles. The van der Waals surface area contributed by atoms with Crippen molar-refractivity contribution in [2.45, 2.75) is 31.8 Å². The molecule has 4 rings (SSSR count). The number of nitrogens with zero attached hydrogens (tertiary/aromatic N) is 2. The zero-order chi connectivity index (χ0) is 23.6. The Morgan fingerprint density at radius 3 is 2.70 bits per heavy atom. The molecule has 1 fully saturated rings. The van der Waals surface area contributed by atoms with Gasteiger partial charge in [0.2, 0.25) is 5.91 Å². The minimum absolute atomic E-state index is 0.0548. The normalized spacial score (nSPS) is 16.2. The molecule has 33 heavy (non-hydrogen) atoms. The molecule has 174 valence electrons. The Bertz CT molecular complexity index is 1180. The van der Waals surface area contributed by atoms with E-state index in [1.54, 1.807) is 33.9 Å². The van der Waals surface area contributed by atoms with Crippen molar-refractivity contribution in [3.8, 4) is 5.75 Å². The number of fused-ring (bicyclic) bond motifs is 1. The molecule has 1 atom stereocenters. The number of aromatic nitrogens is 1. The number of hydrogen-bond donors (Lipinski definition) is 2. The number of likely N-dealkylation sites (tertiary alicyclic amines) is 1. The highest BCUT2D eigenvalue weighted by atomic mass is 19.4. The average molecular weight is 460 g/mol. The van der Waals surface area contributed by atoms with Gasteiger partial charge in [-0.15, -0.1) is 13.2 Å². The van der Waals surface area contributed by atoms with Crippen LogP contribution in [0.1, 0.15) is 23.2 Å². The first-order chi connectivity index (χ1) is 15.7. The Hall–Kier alpha value is -3.69. The number of anilines is 1. The number of para-hydroxylation sites is 1. The van der Waals surface area contributed by atoms with Crippen molar-refractivity contribution in [1.82, 2.24) is 9.47 Å². The molecule has 1 aliphatic heterocycles. The first kappa shape index (κ1) is 22.5. The molecule has 0 unspecified atom stereocenters. The summed E-state index contributed by atoms with van der Waals surface area (Å²) in [7, 11) is 0. The third-order valence-corrected chi connectivity index (χ3v) is 5.67. The van der Waals surface area contributed by atoms with E-state index >= 15 is 0 Å². The fourth-order valence-corrected chi connectivity index (χ4v) is 4.23. The Morgan fingerprint density at radius 1 is 1.15 bits per heavy atom. The molecule has 10 heteroatoms. The number of carbonyl (C=O) groups excluding carboxylic acids is 2. The summed E-state index contributed by atoms with van der Waals surface area (Å²) in [5.74, 6) is -0.973. The molecule has 2 aromatic carbocycles. The molecule has 7 nitrogen and oxygen atoms in total. The van der Waals surface area contributed by atoms with Crippen LogP contribution in [0.2, 0.25) is 0 Å². The van der Waals surface area contributed by atoms with Gasteiger partial charge in [-0.1, -0.05) is 24.3 Å². The second-order valence-corrected chi connectivity index (χ2v) is 7.89. The molecule has 3 aromatic rings. The molecule has 3 N–H and O–H groups in total. The smallest absolute Gasteiger partial charge is 0.406 e. The van der Waals surface area contributed by atoms with Gasteiger partial charge in [-0.05, 0) is 31.0 Å². The van der Waals surface area contributed by atoms with Crippen LogP contribution >= 0.6 is 0 Å². The largest absolute Gasteiger partial charge is 0.573 e. The van der Waals surface area contributed by atoms with Crippen molar-refractivity contribution in [2.24, 2.45) is 5.73 Å². The minimum Gasteiger partial charge on any atom is -0.406 e. The predicted molar refractivity (Wildman–Crippen MR) is 117 cm³/mol. The van der Waals surface area contributed by atoms with Gasteiger partial charge in [0.1, 0.15) is 12.3 Å². The summed E-state index contributed by atoms with van der Waals surface area (Å²) in [6.45, 7) is 1.03. The van der Waals surface area contributed by atoms with Gasteiger partial charge in [0, 0.05) is 48.0 Å². The molecule has 0 saturated carbocycles. The predicted octanol–water partition coefficient (Wildman–Crippen LogP) is 3.74. The number of hydrogen-bond acceptors (Lipinski definition) is 4. The van der Waals surface area contributed by atoms with E-state index < -0.39 is 12.3 Å². The second-order valence-electron chi connectivity index (χ2n) is 7.89. The zero-order valence-corrected chi connectivity index (χ0v) is 17.6. The van der Waals surface area contributed by atoms with Crippen LogP contribution in [0.15, 0.2) is 54.7 Å². The summed E-state index contributed by atoms with van der Waals surface area (Å²) in [6.07, 6.45) is -1.56. The van der Waals surface area contributed by atoms with Gasteiger partial charge in [-0.3, -0.25) is 9.59 Å². The molecule has 1 saturated heterocycles. The molecule has 1 aliphatic rings. The lowest BCUT2D eigenvalue weighted by atomic mass is 10.2. The van der Waals surface area contributed by atoms with E-state index in [0.717, 1.165) is 18.4 Å². The number of halogens is 3. The van der Waals surface area contributed by atoms with Gasteiger partial charge < -0.3 is 25.3 Å². The fourth-order valence-electron chi connectivity index (χ4n) is 4.23. The topological polar surface area (TPSA) is 89.6 Å². The van der Waals surface area contributed by atoms with Crippen molar-refractivity contribution in [3.63, 3.8) is 0 Å². The summed E-state index contributed by atoms with van der Waals surface area (Å²) >= 11 is 0. The van der Waals surface area contributed by atoms with Gasteiger partial charge in [-0.2, -0.15) is 0 Å². The number of alkyl halides is 3. The Balaban J connectivity index is 1.43. The molecule has 0 radical (unpaired) electrons. The van der Waals surface area contributed by atoms with Crippen LogP contribution in [-0.4, -0.2) is 46.8 Å². The fraction of sp³-hybridized carbons (Fsp3) is 0.304. The third-order valence-electron chi connectivity index (χ3n) is 5.67. The monoisotopic (exact) mass is 460 g/mol. The molecule has 2 amide bonds. The quantitative estimate of drug-likeness (QED) is 0.562. The van der Waals surface area contributed by atoms with Crippen LogP contribution in [0, 0.1) is 0 Å². The maximum absolute atomic E-state index is 13.1. The first-order valence-corrected chi connectivity index (χ1v) is 10.5. The molecule has 0 spiro atoms. The Labute approximate surface area is 187 Å². The lowest BCUT2D eigenvalue weighted by Gasteiger charge is -2.26. The summed E-state index contributed by atoms with van der Waals surface area (Å²) in [5.41, 5.74) is 7.06. The second kappa shape index (κ2) is 9.05. The van der Waals surface area contributed by atoms with E-state index in [2.05, 4.69) is 10.1 Å². The van der Waals surface area contributed by atoms with Crippen molar-refractivity contribution in [2.75, 3.05) is 18.4 Å². The van der Waals surface area contributed by atoms with E-state index in [1.165, 1.54) is 18.2 Å². The molecule has 0 aliphatic carbocycles. The number of carbonyl (C=O) groups is 2. The van der Waals surface area contributed by atoms with Gasteiger partial charge in [-0.25, -0.2) is 0 Å². The Kier molecular flexibility index (Phi) is 6.17. The highest BCUT2D eigenvalue weighted by Crippen LogP contribution is 2.26. The first-order valence-electron chi connectivity index (χ1n) is 10.5. The zero-order valence-electron chi connectivity index (χ0n) is 17.6. The highest BCUT2D eigenvalue weighted by molar-refractivity contribution is 6.06. The van der Waals surface area contributed by atoms with Crippen molar-refractivity contribution >= 4 is 28.4 Å². The van der Waals surface area contributed by atoms with E-state index in [0.29, 0.717) is 29.7 Å². The maximum Gasteiger partial charge on any atom is 0.573 e. The summed E-state index contributed by atoms with van der Waals surface area (Å²) in [5, 5.41) is 3.79. The van der Waals surface area contributed by atoms with Crippen molar-refractivity contribution in [3.05, 3.63) is 60.3 Å². The van der Waals surface area contributed by atoms with E-state index in [1.807, 2.05) is 12.1 Å². The molecular formula is C23H23F3N4O3. The maximum atomic E-state index is 13.1. The number of amides is 2. The lowest BCUT2D eigenvalue weighted by molar-refractivity contribution is -0.274. The standard InChI is InChI=1S/C23H23F3N4O3/c24-23(25,26)33-17-7-3-5-15(11-17)28-12-16-6-4-10-30(16)21(31)14-29-13-19(22(27)32)18-8-1-2-9-20(18)29/h1-3,5,7-9,11,13,16,28H,4,6,10,12,14H2,(H2,27,32)/t16-/m0/s1. The van der Waals surface area contributed by atoms with Crippen LogP contribution in [0.25, 0.3) is 10.9 Å². The SMILES string of the molecule is NC(=O)c1cn(CC(=O)N2CCC[C@H]2CNc2cccc(OC(F)(F)F)c2)c2ccccc12. The van der Waals surface area contributed by atoms with E-state index in [4.69, 9.17) is 5.73 Å². The van der Waals surface area contributed by atoms with E-state index in [9.17, 15) is 22.8 Å². The summed E-state index contributed by atoms with van der Waals surface area (Å²) in [4.78, 5) is 26.6. The van der Waals surface area contributed by atoms with Gasteiger partial charge in [0.15, 0.2) is 0 Å². The van der Waals surface area contributed by atoms with Crippen LogP contribution < -0.4 is 15.8 Å². The van der Waals surface area contributed by atoms with Crippen LogP contribution in [0.3, 0.4) is 0 Å². The minimum atomic E-state index is -4.76. The van der Waals surface area contributed by atoms with E-state index in [-0.39, 0.29) is 24.2 Å². The number of rotatable bonds is 7. The van der Waals surface area contributed by atoms with Crippen LogP contribution in [0.5, 0.6) is 5.75 Å². The number of ether oxygens (including phenoxy) is 1. The van der Waals surface area contributed by atoms with Gasteiger partial charge >= 0.3 is 6.36 Å². The molecule has 2 heterocycles. The van der Waals surface area contributed by atoms with Crippen LogP contribution in [-0.2, 0) is 11.3 Å². The van der Waals surface area contributed by atoms with Gasteiger partial charge in [0.25, 0.3) is 5.91 Å². The highest BCUT2D eigenvalue weighted by Gasteiger charge is 2.31. The average Bonchev–Trinajstić information content (AvgIpc) is 3.36. The number of primary amides is 1. The number of benzene rings is 2. The van der Waals surface area contributed by atoms with Gasteiger partial charge in [0.05, 0.1) is 5.56 Å². The summed E-state index contributed by atoms with van der Waals surface area (Å²) in [6, 6.07) is 12.7. The Morgan fingerprint density at radius 2 is 1.94 bits per heavy atom. The van der Waals surface area contributed by atoms with Crippen molar-refractivity contribution in [1.29, 1.82) is 0 Å². The summed E-state index contributed by atoms with van der Waals surface area (Å²) < 4.78 is 43.0.